The number of nitrogens with one attached hydrogen (secondary N) is 2. The first-order valence-corrected chi connectivity index (χ1v) is 9.26. The molecule has 0 saturated heterocycles. The zero-order chi connectivity index (χ0) is 21.1. The van der Waals surface area contributed by atoms with Crippen LogP contribution >= 0.6 is 0 Å². The van der Waals surface area contributed by atoms with E-state index in [-0.39, 0.29) is 18.0 Å². The Morgan fingerprint density at radius 2 is 1.86 bits per heavy atom. The number of carbonyl (C=O) groups excluding carboxylic acids is 1. The highest BCUT2D eigenvalue weighted by molar-refractivity contribution is 6.07. The summed E-state index contributed by atoms with van der Waals surface area (Å²) in [4.78, 5) is 27.4. The molecule has 2 aromatic heterocycles. The van der Waals surface area contributed by atoms with E-state index in [1.165, 1.54) is 10.8 Å². The van der Waals surface area contributed by atoms with Crippen molar-refractivity contribution in [2.24, 2.45) is 14.1 Å². The molecule has 0 spiro atoms. The number of aromatic nitrogens is 2. The molecule has 0 aliphatic carbocycles. The third-order valence-corrected chi connectivity index (χ3v) is 4.88. The largest absolute Gasteiger partial charge is 0.351 e. The van der Waals surface area contributed by atoms with Gasteiger partial charge in [0.2, 0.25) is 0 Å². The summed E-state index contributed by atoms with van der Waals surface area (Å²) in [5, 5.41) is 10.9. The molecule has 0 unspecified atom stereocenters. The molecule has 0 fully saturated rings. The van der Waals surface area contributed by atoms with E-state index < -0.39 is 0 Å². The number of carbonyl (C=O) groups is 1. The molecule has 2 N–H and O–H groups in total. The summed E-state index contributed by atoms with van der Waals surface area (Å²) in [6.45, 7) is 2.10. The fourth-order valence-corrected chi connectivity index (χ4v) is 3.48. The monoisotopic (exact) mass is 391 g/mol. The molecule has 150 valence electrons. The number of hydrogen-bond acceptors (Lipinski definition) is 4. The molecule has 0 radical (unpaired) electrons. The molecule has 0 aliphatic rings. The van der Waals surface area contributed by atoms with Crippen LogP contribution in [0, 0.1) is 12.3 Å². The van der Waals surface area contributed by atoms with Crippen LogP contribution in [0.5, 0.6) is 0 Å². The van der Waals surface area contributed by atoms with Crippen molar-refractivity contribution >= 4 is 28.7 Å². The van der Waals surface area contributed by atoms with Crippen molar-refractivity contribution in [2.75, 3.05) is 18.5 Å². The Morgan fingerprint density at radius 3 is 2.52 bits per heavy atom. The lowest BCUT2D eigenvalue weighted by atomic mass is 10.1. The molecule has 7 heteroatoms. The molecule has 7 nitrogen and oxygen atoms in total. The van der Waals surface area contributed by atoms with E-state index in [1.807, 2.05) is 56.3 Å². The molecular formula is C22H25N5O2. The maximum absolute atomic E-state index is 12.8. The van der Waals surface area contributed by atoms with Crippen LogP contribution in [-0.4, -0.2) is 34.8 Å². The smallest absolute Gasteiger partial charge is 0.260 e. The molecule has 3 aromatic rings. The lowest BCUT2D eigenvalue weighted by molar-refractivity contribution is 0.0959. The van der Waals surface area contributed by atoms with Gasteiger partial charge in [0.15, 0.2) is 0 Å². The number of hydrogen-bond donors (Lipinski definition) is 2. The van der Waals surface area contributed by atoms with E-state index in [9.17, 15) is 9.59 Å². The van der Waals surface area contributed by atoms with Gasteiger partial charge in [-0.1, -0.05) is 18.2 Å². The van der Waals surface area contributed by atoms with E-state index in [1.54, 1.807) is 30.2 Å². The summed E-state index contributed by atoms with van der Waals surface area (Å²) >= 11 is 0. The SMILES string of the molecule is Cc1cn(C)c(=O)c2c(C(=O)NC/C(C=N)=C/N(C)c3ccccc3)cn(C)c12. The van der Waals surface area contributed by atoms with E-state index >= 15 is 0 Å². The Kier molecular flexibility index (Phi) is 5.68. The molecule has 0 atom stereocenters. The van der Waals surface area contributed by atoms with Gasteiger partial charge >= 0.3 is 0 Å². The predicted octanol–water partition coefficient (Wildman–Crippen LogP) is 2.59. The maximum Gasteiger partial charge on any atom is 0.260 e. The first kappa shape index (κ1) is 20.1. The van der Waals surface area contributed by atoms with E-state index in [4.69, 9.17) is 5.41 Å². The molecule has 2 heterocycles. The molecule has 0 bridgehead atoms. The van der Waals surface area contributed by atoms with Crippen LogP contribution in [-0.2, 0) is 14.1 Å². The Labute approximate surface area is 169 Å². The summed E-state index contributed by atoms with van der Waals surface area (Å²) in [5.41, 5.74) is 3.42. The predicted molar refractivity (Wildman–Crippen MR) is 117 cm³/mol. The van der Waals surface area contributed by atoms with Crippen molar-refractivity contribution in [3.63, 3.8) is 0 Å². The van der Waals surface area contributed by atoms with Crippen molar-refractivity contribution in [3.05, 3.63) is 76.0 Å². The van der Waals surface area contributed by atoms with Crippen molar-refractivity contribution < 1.29 is 4.79 Å². The molecule has 0 aliphatic heterocycles. The molecule has 0 saturated carbocycles. The topological polar surface area (TPSA) is 83.1 Å². The van der Waals surface area contributed by atoms with Crippen molar-refractivity contribution in [2.45, 2.75) is 6.92 Å². The van der Waals surface area contributed by atoms with Crippen LogP contribution in [0.3, 0.4) is 0 Å². The number of fused-ring (bicyclic) bond motifs is 1. The number of benzene rings is 1. The summed E-state index contributed by atoms with van der Waals surface area (Å²) in [6, 6.07) is 9.74. The Hall–Kier alpha value is -3.61. The summed E-state index contributed by atoms with van der Waals surface area (Å²) in [7, 11) is 5.39. The van der Waals surface area contributed by atoms with Crippen molar-refractivity contribution in [1.82, 2.24) is 14.5 Å². The third kappa shape index (κ3) is 3.99. The van der Waals surface area contributed by atoms with Crippen molar-refractivity contribution in [1.29, 1.82) is 5.41 Å². The van der Waals surface area contributed by atoms with Gasteiger partial charge < -0.3 is 24.8 Å². The fraction of sp³-hybridized carbons (Fsp3) is 0.227. The van der Waals surface area contributed by atoms with E-state index in [0.717, 1.165) is 16.8 Å². The summed E-state index contributed by atoms with van der Waals surface area (Å²) in [5.74, 6) is -0.339. The van der Waals surface area contributed by atoms with Gasteiger partial charge in [0, 0.05) is 63.8 Å². The average Bonchev–Trinajstić information content (AvgIpc) is 3.07. The highest BCUT2D eigenvalue weighted by atomic mass is 16.2. The van der Waals surface area contributed by atoms with Crippen LogP contribution in [0.25, 0.3) is 10.9 Å². The van der Waals surface area contributed by atoms with Gasteiger partial charge in [-0.15, -0.1) is 0 Å². The second-order valence-corrected chi connectivity index (χ2v) is 7.08. The molecule has 1 amide bonds. The highest BCUT2D eigenvalue weighted by Gasteiger charge is 2.19. The van der Waals surface area contributed by atoms with Gasteiger partial charge in [0.1, 0.15) is 0 Å². The van der Waals surface area contributed by atoms with Crippen molar-refractivity contribution in [3.8, 4) is 0 Å². The van der Waals surface area contributed by atoms with Gasteiger partial charge in [-0.05, 0) is 24.6 Å². The number of rotatable bonds is 6. The second-order valence-electron chi connectivity index (χ2n) is 7.08. The number of nitrogens with zero attached hydrogens (tertiary/aromatic N) is 3. The van der Waals surface area contributed by atoms with Crippen LogP contribution in [0.2, 0.25) is 0 Å². The minimum atomic E-state index is -0.339. The minimum Gasteiger partial charge on any atom is -0.351 e. The Bertz CT molecular complexity index is 1160. The van der Waals surface area contributed by atoms with Gasteiger partial charge in [0.25, 0.3) is 11.5 Å². The summed E-state index contributed by atoms with van der Waals surface area (Å²) in [6.07, 6.45) is 6.46. The standard InChI is InChI=1S/C22H25N5O2/c1-15-12-27(4)22(29)19-18(14-26(3)20(15)19)21(28)24-11-16(10-23)13-25(2)17-8-6-5-7-9-17/h5-10,12-14,23H,11H2,1-4H3,(H,24,28)/b16-13+,23-10?. The number of anilines is 1. The lowest BCUT2D eigenvalue weighted by Gasteiger charge is -2.16. The molecule has 29 heavy (non-hydrogen) atoms. The van der Waals surface area contributed by atoms with E-state index in [0.29, 0.717) is 16.5 Å². The zero-order valence-electron chi connectivity index (χ0n) is 17.1. The molecule has 1 aromatic carbocycles. The Morgan fingerprint density at radius 1 is 1.17 bits per heavy atom. The molecule has 3 rings (SSSR count). The van der Waals surface area contributed by atoms with Gasteiger partial charge in [-0.3, -0.25) is 9.59 Å². The number of aryl methyl sites for hydroxylation is 3. The average molecular weight is 391 g/mol. The normalized spacial score (nSPS) is 11.5. The van der Waals surface area contributed by atoms with Gasteiger partial charge in [0.05, 0.1) is 16.5 Å². The maximum atomic E-state index is 12.8. The molecular weight excluding hydrogens is 366 g/mol. The number of para-hydroxylation sites is 1. The second kappa shape index (κ2) is 8.18. The summed E-state index contributed by atoms with van der Waals surface area (Å²) < 4.78 is 3.30. The number of pyridine rings is 1. The van der Waals surface area contributed by atoms with Gasteiger partial charge in [-0.25, -0.2) is 0 Å². The first-order chi connectivity index (χ1) is 13.8. The highest BCUT2D eigenvalue weighted by Crippen LogP contribution is 2.20. The van der Waals surface area contributed by atoms with Crippen LogP contribution in [0.4, 0.5) is 5.69 Å². The zero-order valence-corrected chi connectivity index (χ0v) is 17.1. The third-order valence-electron chi connectivity index (χ3n) is 4.88. The first-order valence-electron chi connectivity index (χ1n) is 9.26. The quantitative estimate of drug-likeness (QED) is 0.634. The van der Waals surface area contributed by atoms with Crippen LogP contribution in [0.1, 0.15) is 15.9 Å². The van der Waals surface area contributed by atoms with Crippen LogP contribution < -0.4 is 15.8 Å². The Balaban J connectivity index is 1.84. The van der Waals surface area contributed by atoms with Gasteiger partial charge in [-0.2, -0.15) is 0 Å². The lowest BCUT2D eigenvalue weighted by Crippen LogP contribution is -2.28. The fourth-order valence-electron chi connectivity index (χ4n) is 3.48. The van der Waals surface area contributed by atoms with Crippen LogP contribution in [0.15, 0.2) is 59.3 Å². The minimum absolute atomic E-state index is 0.183. The number of amides is 1. The van der Waals surface area contributed by atoms with E-state index in [2.05, 4.69) is 5.32 Å².